The predicted molar refractivity (Wildman–Crippen MR) is 127 cm³/mol. The Labute approximate surface area is 204 Å². The Morgan fingerprint density at radius 2 is 1.70 bits per heavy atom. The van der Waals surface area contributed by atoms with Crippen LogP contribution in [0.3, 0.4) is 0 Å². The second kappa shape index (κ2) is 8.98. The quantitative estimate of drug-likeness (QED) is 0.259. The van der Waals surface area contributed by atoms with Crippen molar-refractivity contribution in [1.82, 2.24) is 0 Å². The Balaban J connectivity index is 1.97. The minimum Gasteiger partial charge on any atom is -0.507 e. The van der Waals surface area contributed by atoms with Crippen molar-refractivity contribution in [3.8, 4) is 11.5 Å². The largest absolute Gasteiger partial charge is 0.507 e. The molecule has 1 saturated heterocycles. The summed E-state index contributed by atoms with van der Waals surface area (Å²) in [4.78, 5) is 27.6. The summed E-state index contributed by atoms with van der Waals surface area (Å²) in [6.45, 7) is 0. The van der Waals surface area contributed by atoms with Crippen LogP contribution in [0.25, 0.3) is 5.76 Å². The molecule has 0 bridgehead atoms. The van der Waals surface area contributed by atoms with Gasteiger partial charge in [0.15, 0.2) is 0 Å². The Morgan fingerprint density at radius 3 is 2.36 bits per heavy atom. The molecule has 9 heteroatoms. The molecule has 1 aliphatic rings. The third-order valence-electron chi connectivity index (χ3n) is 5.26. The molecule has 6 nitrogen and oxygen atoms in total. The molecule has 3 aromatic carbocycles. The number of aromatic hydroxyl groups is 1. The Morgan fingerprint density at radius 1 is 0.939 bits per heavy atom. The maximum absolute atomic E-state index is 13.2. The standard InChI is InChI=1S/C24H16Cl3NO5/c1-33-15-4-2-3-14(11-15)28-21(12-6-8-19(29)18(27)9-12)20(23(31)24(28)32)22(30)13-5-7-16(25)17(26)10-13/h2-11,21,29-30H,1H3/b22-20-. The molecule has 1 unspecified atom stereocenters. The predicted octanol–water partition coefficient (Wildman–Crippen LogP) is 5.99. The van der Waals surface area contributed by atoms with Crippen molar-refractivity contribution in [1.29, 1.82) is 0 Å². The first-order valence-electron chi connectivity index (χ1n) is 9.61. The van der Waals surface area contributed by atoms with E-state index >= 15 is 0 Å². The van der Waals surface area contributed by atoms with Crippen molar-refractivity contribution in [3.05, 3.63) is 92.4 Å². The third kappa shape index (κ3) is 4.13. The van der Waals surface area contributed by atoms with Crippen LogP contribution in [-0.4, -0.2) is 29.0 Å². The van der Waals surface area contributed by atoms with Crippen LogP contribution >= 0.6 is 34.8 Å². The topological polar surface area (TPSA) is 87.1 Å². The molecule has 1 atom stereocenters. The molecule has 168 valence electrons. The average molecular weight is 505 g/mol. The molecule has 0 aliphatic carbocycles. The van der Waals surface area contributed by atoms with Crippen molar-refractivity contribution in [2.45, 2.75) is 6.04 Å². The Kier molecular flexibility index (Phi) is 6.26. The number of Topliss-reactive ketones (excluding diaryl/α,β-unsaturated/α-hetero) is 1. The van der Waals surface area contributed by atoms with E-state index in [1.165, 1.54) is 48.4 Å². The highest BCUT2D eigenvalue weighted by Crippen LogP contribution is 2.44. The van der Waals surface area contributed by atoms with E-state index in [9.17, 15) is 19.8 Å². The maximum atomic E-state index is 13.2. The lowest BCUT2D eigenvalue weighted by Gasteiger charge is -2.26. The number of rotatable bonds is 4. The first-order chi connectivity index (χ1) is 15.7. The highest BCUT2D eigenvalue weighted by molar-refractivity contribution is 6.52. The number of aliphatic hydroxyl groups is 1. The lowest BCUT2D eigenvalue weighted by molar-refractivity contribution is -0.132. The first kappa shape index (κ1) is 23.0. The van der Waals surface area contributed by atoms with Gasteiger partial charge in [0.1, 0.15) is 17.3 Å². The van der Waals surface area contributed by atoms with Gasteiger partial charge in [-0.2, -0.15) is 0 Å². The molecule has 1 amide bonds. The summed E-state index contributed by atoms with van der Waals surface area (Å²) in [5, 5.41) is 21.5. The molecule has 3 aromatic rings. The number of carbonyl (C=O) groups is 2. The van der Waals surface area contributed by atoms with Crippen LogP contribution < -0.4 is 9.64 Å². The van der Waals surface area contributed by atoms with Crippen LogP contribution in [0.4, 0.5) is 5.69 Å². The van der Waals surface area contributed by atoms with E-state index in [-0.39, 0.29) is 32.0 Å². The zero-order valence-corrected chi connectivity index (χ0v) is 19.3. The molecule has 0 aromatic heterocycles. The number of hydrogen-bond donors (Lipinski definition) is 2. The Bertz CT molecular complexity index is 1320. The lowest BCUT2D eigenvalue weighted by Crippen LogP contribution is -2.29. The van der Waals surface area contributed by atoms with Gasteiger partial charge in [0.25, 0.3) is 11.7 Å². The van der Waals surface area contributed by atoms with Crippen molar-refractivity contribution < 1.29 is 24.5 Å². The fourth-order valence-electron chi connectivity index (χ4n) is 3.67. The third-order valence-corrected chi connectivity index (χ3v) is 6.30. The summed E-state index contributed by atoms with van der Waals surface area (Å²) in [6.07, 6.45) is 0. The van der Waals surface area contributed by atoms with Crippen LogP contribution in [0.15, 0.2) is 66.2 Å². The highest BCUT2D eigenvalue weighted by Gasteiger charge is 2.47. The van der Waals surface area contributed by atoms with Crippen molar-refractivity contribution >= 4 is 57.9 Å². The van der Waals surface area contributed by atoms with E-state index in [4.69, 9.17) is 39.5 Å². The molecule has 2 N–H and O–H groups in total. The monoisotopic (exact) mass is 503 g/mol. The zero-order valence-electron chi connectivity index (χ0n) is 17.1. The summed E-state index contributed by atoms with van der Waals surface area (Å²) < 4.78 is 5.25. The van der Waals surface area contributed by atoms with Gasteiger partial charge >= 0.3 is 0 Å². The highest BCUT2D eigenvalue weighted by atomic mass is 35.5. The molecular weight excluding hydrogens is 489 g/mol. The molecular formula is C24H16Cl3NO5. The normalized spacial score (nSPS) is 17.5. The fraction of sp³-hybridized carbons (Fsp3) is 0.0833. The number of phenols is 1. The van der Waals surface area contributed by atoms with Crippen LogP contribution in [0.1, 0.15) is 17.2 Å². The number of nitrogens with zero attached hydrogens (tertiary/aromatic N) is 1. The summed E-state index contributed by atoms with van der Waals surface area (Å²) in [5.41, 5.74) is 0.825. The van der Waals surface area contributed by atoms with Gasteiger partial charge in [0.2, 0.25) is 0 Å². The fourth-order valence-corrected chi connectivity index (χ4v) is 4.15. The van der Waals surface area contributed by atoms with Crippen molar-refractivity contribution in [2.75, 3.05) is 12.0 Å². The number of benzene rings is 3. The minimum absolute atomic E-state index is 0.0262. The van der Waals surface area contributed by atoms with Gasteiger partial charge in [0, 0.05) is 17.3 Å². The number of ketones is 1. The van der Waals surface area contributed by atoms with E-state index in [1.807, 2.05) is 0 Å². The van der Waals surface area contributed by atoms with Gasteiger partial charge < -0.3 is 14.9 Å². The van der Waals surface area contributed by atoms with Gasteiger partial charge in [-0.15, -0.1) is 0 Å². The van der Waals surface area contributed by atoms with Gasteiger partial charge in [-0.1, -0.05) is 46.9 Å². The average Bonchev–Trinajstić information content (AvgIpc) is 3.07. The number of hydrogen-bond acceptors (Lipinski definition) is 5. The molecule has 1 fully saturated rings. The Hall–Kier alpha value is -3.19. The number of phenolic OH excluding ortho intramolecular Hbond substituents is 1. The van der Waals surface area contributed by atoms with Crippen LogP contribution in [0.5, 0.6) is 11.5 Å². The molecule has 1 heterocycles. The van der Waals surface area contributed by atoms with E-state index in [2.05, 4.69) is 0 Å². The van der Waals surface area contributed by atoms with Crippen LogP contribution in [0, 0.1) is 0 Å². The molecule has 0 spiro atoms. The van der Waals surface area contributed by atoms with Gasteiger partial charge in [-0.05, 0) is 48.0 Å². The summed E-state index contributed by atoms with van der Waals surface area (Å²) >= 11 is 18.2. The minimum atomic E-state index is -1.04. The zero-order chi connectivity index (χ0) is 23.9. The number of methoxy groups -OCH3 is 1. The lowest BCUT2D eigenvalue weighted by atomic mass is 9.95. The number of carbonyl (C=O) groups excluding carboxylic acids is 2. The van der Waals surface area contributed by atoms with E-state index in [0.717, 1.165) is 0 Å². The van der Waals surface area contributed by atoms with Crippen LogP contribution in [-0.2, 0) is 9.59 Å². The molecule has 0 saturated carbocycles. The summed E-state index contributed by atoms with van der Waals surface area (Å²) in [7, 11) is 1.48. The number of anilines is 1. The van der Waals surface area contributed by atoms with Crippen molar-refractivity contribution in [2.24, 2.45) is 0 Å². The SMILES string of the molecule is COc1cccc(N2C(=O)C(=O)/C(=C(\O)c3ccc(Cl)c(Cl)c3)C2c2ccc(O)c(Cl)c2)c1. The van der Waals surface area contributed by atoms with E-state index in [0.29, 0.717) is 17.0 Å². The molecule has 4 rings (SSSR count). The smallest absolute Gasteiger partial charge is 0.300 e. The number of aliphatic hydroxyl groups excluding tert-OH is 1. The maximum Gasteiger partial charge on any atom is 0.300 e. The van der Waals surface area contributed by atoms with E-state index in [1.54, 1.807) is 24.3 Å². The van der Waals surface area contributed by atoms with E-state index < -0.39 is 23.5 Å². The molecule has 33 heavy (non-hydrogen) atoms. The van der Waals surface area contributed by atoms with Crippen LogP contribution in [0.2, 0.25) is 15.1 Å². The van der Waals surface area contributed by atoms with Gasteiger partial charge in [0.05, 0.1) is 33.8 Å². The van der Waals surface area contributed by atoms with Gasteiger partial charge in [-0.3, -0.25) is 14.5 Å². The van der Waals surface area contributed by atoms with Gasteiger partial charge in [-0.25, -0.2) is 0 Å². The second-order valence-electron chi connectivity index (χ2n) is 7.21. The molecule has 1 aliphatic heterocycles. The number of halogens is 3. The number of amides is 1. The molecule has 0 radical (unpaired) electrons. The number of ether oxygens (including phenoxy) is 1. The summed E-state index contributed by atoms with van der Waals surface area (Å²) in [6, 6.07) is 14.2. The first-order valence-corrected chi connectivity index (χ1v) is 10.7. The second-order valence-corrected chi connectivity index (χ2v) is 8.43. The van der Waals surface area contributed by atoms with Crippen molar-refractivity contribution in [3.63, 3.8) is 0 Å². The summed E-state index contributed by atoms with van der Waals surface area (Å²) in [5.74, 6) is -1.86.